The van der Waals surface area contributed by atoms with Gasteiger partial charge in [0.25, 0.3) is 5.56 Å². The predicted octanol–water partition coefficient (Wildman–Crippen LogP) is 4.52. The zero-order valence-electron chi connectivity index (χ0n) is 15.9. The minimum Gasteiger partial charge on any atom is -0.326 e. The van der Waals surface area contributed by atoms with Gasteiger partial charge in [0.1, 0.15) is 0 Å². The first-order valence-corrected chi connectivity index (χ1v) is 9.23. The van der Waals surface area contributed by atoms with Crippen LogP contribution in [0.3, 0.4) is 0 Å². The van der Waals surface area contributed by atoms with Gasteiger partial charge in [0, 0.05) is 41.8 Å². The average Bonchev–Trinajstić information content (AvgIpc) is 2.75. The van der Waals surface area contributed by atoms with E-state index < -0.39 is 0 Å². The normalized spacial score (nSPS) is 10.5. The highest BCUT2D eigenvalue weighted by Gasteiger charge is 2.13. The summed E-state index contributed by atoms with van der Waals surface area (Å²) in [6.07, 6.45) is 3.53. The number of nitrogens with zero attached hydrogens (tertiary/aromatic N) is 2. The van der Waals surface area contributed by atoms with Gasteiger partial charge in [-0.25, -0.2) is 0 Å². The fourth-order valence-corrected chi connectivity index (χ4v) is 3.21. The summed E-state index contributed by atoms with van der Waals surface area (Å²) in [6, 6.07) is 24.3. The molecular formula is C24H19N3O2. The topological polar surface area (TPSA) is 64.0 Å². The third-order valence-electron chi connectivity index (χ3n) is 4.51. The summed E-state index contributed by atoms with van der Waals surface area (Å²) in [5.41, 5.74) is 4.13. The number of para-hydroxylation sites is 1. The maximum absolute atomic E-state index is 13.3. The molecule has 0 aliphatic heterocycles. The molecule has 0 unspecified atom stereocenters. The fraction of sp³-hybridized carbons (Fsp3) is 0.0417. The van der Waals surface area contributed by atoms with E-state index in [1.807, 2.05) is 66.7 Å². The van der Waals surface area contributed by atoms with Crippen LogP contribution < -0.4 is 10.9 Å². The summed E-state index contributed by atoms with van der Waals surface area (Å²) in [6.45, 7) is 1.46. The van der Waals surface area contributed by atoms with Crippen LogP contribution in [0, 0.1) is 0 Å². The molecule has 5 heteroatoms. The number of nitrogens with one attached hydrogen (secondary N) is 1. The number of hydrogen-bond acceptors (Lipinski definition) is 3. The quantitative estimate of drug-likeness (QED) is 0.565. The Bertz CT molecular complexity index is 1220. The molecule has 5 nitrogen and oxygen atoms in total. The van der Waals surface area contributed by atoms with Crippen molar-refractivity contribution in [2.75, 3.05) is 5.32 Å². The Hall–Kier alpha value is -3.99. The predicted molar refractivity (Wildman–Crippen MR) is 115 cm³/mol. The van der Waals surface area contributed by atoms with Gasteiger partial charge in [-0.3, -0.25) is 19.1 Å². The molecule has 0 saturated carbocycles. The van der Waals surface area contributed by atoms with Crippen LogP contribution >= 0.6 is 0 Å². The second-order valence-electron chi connectivity index (χ2n) is 6.63. The zero-order chi connectivity index (χ0) is 20.2. The third kappa shape index (κ3) is 3.99. The van der Waals surface area contributed by atoms with Gasteiger partial charge in [0.05, 0.1) is 5.69 Å². The van der Waals surface area contributed by atoms with Gasteiger partial charge in [-0.05, 0) is 48.0 Å². The number of pyridine rings is 2. The largest absolute Gasteiger partial charge is 0.326 e. The number of carbonyl (C=O) groups is 1. The Morgan fingerprint density at radius 1 is 0.897 bits per heavy atom. The summed E-state index contributed by atoms with van der Waals surface area (Å²) in [7, 11) is 0. The van der Waals surface area contributed by atoms with Crippen LogP contribution in [-0.2, 0) is 4.79 Å². The molecule has 0 bridgehead atoms. The van der Waals surface area contributed by atoms with Crippen molar-refractivity contribution in [2.45, 2.75) is 6.92 Å². The van der Waals surface area contributed by atoms with Crippen molar-refractivity contribution in [2.24, 2.45) is 0 Å². The number of anilines is 1. The Labute approximate surface area is 168 Å². The van der Waals surface area contributed by atoms with Crippen LogP contribution in [0.1, 0.15) is 6.92 Å². The fourth-order valence-electron chi connectivity index (χ4n) is 3.21. The Morgan fingerprint density at radius 2 is 1.69 bits per heavy atom. The number of benzene rings is 2. The van der Waals surface area contributed by atoms with Crippen molar-refractivity contribution < 1.29 is 4.79 Å². The molecule has 0 aliphatic carbocycles. The number of carbonyl (C=O) groups excluding carboxylic acids is 1. The van der Waals surface area contributed by atoms with Gasteiger partial charge >= 0.3 is 0 Å². The summed E-state index contributed by atoms with van der Waals surface area (Å²) >= 11 is 0. The molecular weight excluding hydrogens is 362 g/mol. The lowest BCUT2D eigenvalue weighted by atomic mass is 10.0. The first kappa shape index (κ1) is 18.4. The highest BCUT2D eigenvalue weighted by Crippen LogP contribution is 2.25. The molecule has 0 spiro atoms. The first-order valence-electron chi connectivity index (χ1n) is 9.23. The summed E-state index contributed by atoms with van der Waals surface area (Å²) in [5.74, 6) is -0.161. The minimum atomic E-state index is -0.161. The van der Waals surface area contributed by atoms with Crippen molar-refractivity contribution in [3.05, 3.63) is 102 Å². The highest BCUT2D eigenvalue weighted by molar-refractivity contribution is 5.89. The standard InChI is InChI=1S/C24H19N3O2/c1-17(28)26-20-9-7-8-18(14-20)22-15-19(23-12-5-6-13-25-23)16-27(24(22)29)21-10-3-2-4-11-21/h2-16H,1H3,(H,26,28). The minimum absolute atomic E-state index is 0.143. The van der Waals surface area contributed by atoms with E-state index in [-0.39, 0.29) is 11.5 Å². The van der Waals surface area contributed by atoms with Crippen LogP contribution in [0.15, 0.2) is 96.1 Å². The van der Waals surface area contributed by atoms with Crippen molar-refractivity contribution in [1.29, 1.82) is 0 Å². The molecule has 4 aromatic rings. The molecule has 0 saturated heterocycles. The Kier molecular flexibility index (Phi) is 5.03. The van der Waals surface area contributed by atoms with Gasteiger partial charge in [-0.15, -0.1) is 0 Å². The van der Waals surface area contributed by atoms with E-state index in [1.54, 1.807) is 29.1 Å². The van der Waals surface area contributed by atoms with Crippen molar-refractivity contribution in [1.82, 2.24) is 9.55 Å². The van der Waals surface area contributed by atoms with Crippen LogP contribution in [0.2, 0.25) is 0 Å². The molecule has 142 valence electrons. The van der Waals surface area contributed by atoms with Crippen LogP contribution in [0.25, 0.3) is 28.1 Å². The molecule has 2 heterocycles. The van der Waals surface area contributed by atoms with Crippen LogP contribution in [-0.4, -0.2) is 15.5 Å². The summed E-state index contributed by atoms with van der Waals surface area (Å²) in [5, 5.41) is 2.77. The molecule has 0 aliphatic rings. The lowest BCUT2D eigenvalue weighted by Gasteiger charge is -2.13. The summed E-state index contributed by atoms with van der Waals surface area (Å²) in [4.78, 5) is 29.2. The van der Waals surface area contributed by atoms with E-state index in [9.17, 15) is 9.59 Å². The van der Waals surface area contributed by atoms with E-state index >= 15 is 0 Å². The Morgan fingerprint density at radius 3 is 2.41 bits per heavy atom. The SMILES string of the molecule is CC(=O)Nc1cccc(-c2cc(-c3ccccn3)cn(-c3ccccc3)c2=O)c1. The second-order valence-corrected chi connectivity index (χ2v) is 6.63. The Balaban J connectivity index is 1.94. The van der Waals surface area contributed by atoms with Gasteiger partial charge in [0.15, 0.2) is 0 Å². The number of hydrogen-bond donors (Lipinski definition) is 1. The third-order valence-corrected chi connectivity index (χ3v) is 4.51. The first-order chi connectivity index (χ1) is 14.1. The van der Waals surface area contributed by atoms with Gasteiger partial charge in [-0.1, -0.05) is 36.4 Å². The van der Waals surface area contributed by atoms with E-state index in [0.717, 1.165) is 22.5 Å². The van der Waals surface area contributed by atoms with E-state index in [2.05, 4.69) is 10.3 Å². The maximum Gasteiger partial charge on any atom is 0.262 e. The molecule has 1 N–H and O–H groups in total. The molecule has 1 amide bonds. The van der Waals surface area contributed by atoms with Crippen molar-refractivity contribution in [3.8, 4) is 28.1 Å². The smallest absolute Gasteiger partial charge is 0.262 e. The molecule has 0 atom stereocenters. The van der Waals surface area contributed by atoms with Crippen molar-refractivity contribution >= 4 is 11.6 Å². The number of aromatic nitrogens is 2. The second kappa shape index (κ2) is 7.94. The van der Waals surface area contributed by atoms with E-state index in [0.29, 0.717) is 11.3 Å². The van der Waals surface area contributed by atoms with Crippen LogP contribution in [0.5, 0.6) is 0 Å². The maximum atomic E-state index is 13.3. The molecule has 29 heavy (non-hydrogen) atoms. The lowest BCUT2D eigenvalue weighted by Crippen LogP contribution is -2.20. The number of rotatable bonds is 4. The van der Waals surface area contributed by atoms with E-state index in [4.69, 9.17) is 0 Å². The highest BCUT2D eigenvalue weighted by atomic mass is 16.1. The lowest BCUT2D eigenvalue weighted by molar-refractivity contribution is -0.114. The van der Waals surface area contributed by atoms with Gasteiger partial charge < -0.3 is 5.32 Å². The molecule has 2 aromatic heterocycles. The van der Waals surface area contributed by atoms with Gasteiger partial charge in [0.2, 0.25) is 5.91 Å². The monoisotopic (exact) mass is 381 g/mol. The van der Waals surface area contributed by atoms with E-state index in [1.165, 1.54) is 6.92 Å². The van der Waals surface area contributed by atoms with Crippen LogP contribution in [0.4, 0.5) is 5.69 Å². The molecule has 0 radical (unpaired) electrons. The molecule has 0 fully saturated rings. The number of amides is 1. The zero-order valence-corrected chi connectivity index (χ0v) is 15.9. The molecule has 4 rings (SSSR count). The molecule has 2 aromatic carbocycles. The van der Waals surface area contributed by atoms with Crippen molar-refractivity contribution in [3.63, 3.8) is 0 Å². The average molecular weight is 381 g/mol. The van der Waals surface area contributed by atoms with Gasteiger partial charge in [-0.2, -0.15) is 0 Å². The summed E-state index contributed by atoms with van der Waals surface area (Å²) < 4.78 is 1.63.